The molecule has 0 fully saturated rings. The quantitative estimate of drug-likeness (QED) is 0.416. The molecule has 15 heavy (non-hydrogen) atoms. The van der Waals surface area contributed by atoms with Crippen LogP contribution in [0.4, 0.5) is 0 Å². The average Bonchev–Trinajstić information content (AvgIpc) is 2.00. The summed E-state index contributed by atoms with van der Waals surface area (Å²) in [6.45, 7) is 0.496. The van der Waals surface area contributed by atoms with Gasteiger partial charge in [0.1, 0.15) is 0 Å². The molecule has 0 rings (SSSR count). The van der Waals surface area contributed by atoms with E-state index >= 15 is 0 Å². The normalized spacial score (nSPS) is 11.3. The lowest BCUT2D eigenvalue weighted by molar-refractivity contribution is -0.141. The van der Waals surface area contributed by atoms with E-state index in [1.807, 2.05) is 0 Å². The molecule has 0 aliphatic carbocycles. The molecule has 0 aromatic heterocycles. The van der Waals surface area contributed by atoms with Gasteiger partial charge in [-0.1, -0.05) is 6.42 Å². The Morgan fingerprint density at radius 3 is 1.87 bits per heavy atom. The summed E-state index contributed by atoms with van der Waals surface area (Å²) in [5.74, 6) is -2.15. The molecule has 0 bridgehead atoms. The van der Waals surface area contributed by atoms with Crippen molar-refractivity contribution in [1.82, 2.24) is 0 Å². The number of hydrogen-bond acceptors (Lipinski definition) is 4. The Balaban J connectivity index is 4.26. The van der Waals surface area contributed by atoms with Crippen LogP contribution in [0.5, 0.6) is 0 Å². The van der Waals surface area contributed by atoms with Gasteiger partial charge in [-0.25, -0.2) is 0 Å². The van der Waals surface area contributed by atoms with Gasteiger partial charge in [0.2, 0.25) is 0 Å². The summed E-state index contributed by atoms with van der Waals surface area (Å²) >= 11 is 0. The first-order valence-corrected chi connectivity index (χ1v) is 4.82. The Morgan fingerprint density at radius 1 is 1.07 bits per heavy atom. The number of hydrogen-bond donors (Lipinski definition) is 4. The van der Waals surface area contributed by atoms with E-state index in [-0.39, 0.29) is 12.8 Å². The molecule has 0 aliphatic rings. The summed E-state index contributed by atoms with van der Waals surface area (Å²) in [4.78, 5) is 21.1. The Morgan fingerprint density at radius 2 is 1.53 bits per heavy atom. The molecule has 0 heterocycles. The predicted molar refractivity (Wildman–Crippen MR) is 54.3 cm³/mol. The van der Waals surface area contributed by atoms with E-state index in [0.717, 1.165) is 6.42 Å². The third kappa shape index (κ3) is 6.87. The topological polar surface area (TPSA) is 127 Å². The summed E-state index contributed by atoms with van der Waals surface area (Å²) < 4.78 is 0. The van der Waals surface area contributed by atoms with Gasteiger partial charge < -0.3 is 21.7 Å². The zero-order valence-corrected chi connectivity index (χ0v) is 8.61. The monoisotopic (exact) mass is 218 g/mol. The third-order valence-corrected chi connectivity index (χ3v) is 2.14. The third-order valence-electron chi connectivity index (χ3n) is 2.14. The molecule has 0 unspecified atom stereocenters. The minimum Gasteiger partial charge on any atom is -0.481 e. The van der Waals surface area contributed by atoms with Crippen molar-refractivity contribution in [3.63, 3.8) is 0 Å². The van der Waals surface area contributed by atoms with Gasteiger partial charge in [-0.05, 0) is 19.4 Å². The zero-order valence-electron chi connectivity index (χ0n) is 8.61. The van der Waals surface area contributed by atoms with Crippen LogP contribution < -0.4 is 11.5 Å². The van der Waals surface area contributed by atoms with E-state index in [4.69, 9.17) is 21.7 Å². The highest BCUT2D eigenvalue weighted by molar-refractivity contribution is 5.73. The highest BCUT2D eigenvalue weighted by atomic mass is 16.4. The molecule has 0 aliphatic heterocycles. The number of rotatable bonds is 8. The molecule has 0 radical (unpaired) electrons. The van der Waals surface area contributed by atoms with Crippen LogP contribution in [0.25, 0.3) is 0 Å². The summed E-state index contributed by atoms with van der Waals surface area (Å²) in [6.07, 6.45) is 1.07. The Labute approximate surface area is 88.3 Å². The summed E-state index contributed by atoms with van der Waals surface area (Å²) in [5, 5.41) is 17.2. The van der Waals surface area contributed by atoms with Crippen LogP contribution in [0.2, 0.25) is 0 Å². The van der Waals surface area contributed by atoms with Gasteiger partial charge in [0.05, 0.1) is 12.8 Å². The first-order chi connectivity index (χ1) is 6.89. The van der Waals surface area contributed by atoms with Crippen molar-refractivity contribution < 1.29 is 19.8 Å². The van der Waals surface area contributed by atoms with Crippen LogP contribution in [0.3, 0.4) is 0 Å². The lowest BCUT2D eigenvalue weighted by atomic mass is 9.87. The van der Waals surface area contributed by atoms with Crippen LogP contribution in [0.1, 0.15) is 32.1 Å². The molecule has 0 saturated heterocycles. The second-order valence-electron chi connectivity index (χ2n) is 3.75. The fourth-order valence-corrected chi connectivity index (χ4v) is 1.46. The SMILES string of the molecule is NCCCCC(N)(CC(=O)O)CC(=O)O. The lowest BCUT2D eigenvalue weighted by Gasteiger charge is -2.25. The van der Waals surface area contributed by atoms with Crippen molar-refractivity contribution in [2.75, 3.05) is 6.54 Å². The van der Waals surface area contributed by atoms with Crippen LogP contribution >= 0.6 is 0 Å². The van der Waals surface area contributed by atoms with Crippen LogP contribution in [0, 0.1) is 0 Å². The molecule has 6 N–H and O–H groups in total. The summed E-state index contributed by atoms with van der Waals surface area (Å²) in [5.41, 5.74) is 9.87. The molecular formula is C9H18N2O4. The van der Waals surface area contributed by atoms with Crippen molar-refractivity contribution in [3.8, 4) is 0 Å². The molecule has 0 spiro atoms. The molecule has 6 heteroatoms. The maximum absolute atomic E-state index is 10.5. The molecule has 6 nitrogen and oxygen atoms in total. The van der Waals surface area contributed by atoms with E-state index in [1.54, 1.807) is 0 Å². The maximum atomic E-state index is 10.5. The summed E-state index contributed by atoms with van der Waals surface area (Å²) in [7, 11) is 0. The molecule has 0 amide bonds. The highest BCUT2D eigenvalue weighted by Gasteiger charge is 2.30. The van der Waals surface area contributed by atoms with E-state index < -0.39 is 17.5 Å². The first kappa shape index (κ1) is 13.9. The van der Waals surface area contributed by atoms with Gasteiger partial charge in [-0.15, -0.1) is 0 Å². The van der Waals surface area contributed by atoms with Gasteiger partial charge in [-0.2, -0.15) is 0 Å². The van der Waals surface area contributed by atoms with Crippen LogP contribution in [-0.2, 0) is 9.59 Å². The van der Waals surface area contributed by atoms with E-state index in [1.165, 1.54) is 0 Å². The summed E-state index contributed by atoms with van der Waals surface area (Å²) in [6, 6.07) is 0. The number of aliphatic carboxylic acids is 2. The van der Waals surface area contributed by atoms with Crippen molar-refractivity contribution in [2.45, 2.75) is 37.6 Å². The molecule has 0 saturated carbocycles. The number of unbranched alkanes of at least 4 members (excludes halogenated alkanes) is 1. The van der Waals surface area contributed by atoms with E-state index in [9.17, 15) is 9.59 Å². The Hall–Kier alpha value is -1.14. The van der Waals surface area contributed by atoms with E-state index in [0.29, 0.717) is 19.4 Å². The minimum absolute atomic E-state index is 0.329. The number of carboxylic acids is 2. The van der Waals surface area contributed by atoms with Gasteiger partial charge >= 0.3 is 11.9 Å². The lowest BCUT2D eigenvalue weighted by Crippen LogP contribution is -2.44. The van der Waals surface area contributed by atoms with Gasteiger partial charge in [-0.3, -0.25) is 9.59 Å². The molecule has 0 aromatic carbocycles. The van der Waals surface area contributed by atoms with Gasteiger partial charge in [0, 0.05) is 5.54 Å². The largest absolute Gasteiger partial charge is 0.481 e. The van der Waals surface area contributed by atoms with Crippen molar-refractivity contribution in [2.24, 2.45) is 11.5 Å². The second-order valence-corrected chi connectivity index (χ2v) is 3.75. The van der Waals surface area contributed by atoms with Gasteiger partial charge in [0.25, 0.3) is 0 Å². The fourth-order valence-electron chi connectivity index (χ4n) is 1.46. The Bertz CT molecular complexity index is 214. The first-order valence-electron chi connectivity index (χ1n) is 4.82. The number of nitrogens with two attached hydrogens (primary N) is 2. The van der Waals surface area contributed by atoms with Crippen molar-refractivity contribution in [3.05, 3.63) is 0 Å². The van der Waals surface area contributed by atoms with Crippen molar-refractivity contribution in [1.29, 1.82) is 0 Å². The van der Waals surface area contributed by atoms with Crippen molar-refractivity contribution >= 4 is 11.9 Å². The van der Waals surface area contributed by atoms with E-state index in [2.05, 4.69) is 0 Å². The number of carbonyl (C=O) groups is 2. The molecule has 0 atom stereocenters. The molecular weight excluding hydrogens is 200 g/mol. The zero-order chi connectivity index (χ0) is 11.9. The average molecular weight is 218 g/mol. The van der Waals surface area contributed by atoms with Gasteiger partial charge in [0.15, 0.2) is 0 Å². The number of carboxylic acid groups (broad SMARTS) is 2. The standard InChI is InChI=1S/C9H18N2O4/c10-4-2-1-3-9(11,5-7(12)13)6-8(14)15/h1-6,10-11H2,(H,12,13)(H,14,15). The fraction of sp³-hybridized carbons (Fsp3) is 0.778. The predicted octanol–water partition coefficient (Wildman–Crippen LogP) is -0.238. The Kier molecular flexibility index (Phi) is 5.88. The molecule has 88 valence electrons. The molecule has 0 aromatic rings. The smallest absolute Gasteiger partial charge is 0.305 e. The van der Waals surface area contributed by atoms with Crippen LogP contribution in [-0.4, -0.2) is 34.2 Å². The maximum Gasteiger partial charge on any atom is 0.305 e. The minimum atomic E-state index is -1.16. The van der Waals surface area contributed by atoms with Crippen LogP contribution in [0.15, 0.2) is 0 Å². The highest BCUT2D eigenvalue weighted by Crippen LogP contribution is 2.19. The second kappa shape index (κ2) is 6.36.